The molecule has 0 spiro atoms. The van der Waals surface area contributed by atoms with E-state index in [-0.39, 0.29) is 18.2 Å². The first-order valence-electron chi connectivity index (χ1n) is 6.49. The lowest BCUT2D eigenvalue weighted by Crippen LogP contribution is -2.49. The molecule has 1 saturated carbocycles. The zero-order valence-electron chi connectivity index (χ0n) is 11.3. The summed E-state index contributed by atoms with van der Waals surface area (Å²) in [6.45, 7) is 4.19. The highest BCUT2D eigenvalue weighted by Crippen LogP contribution is 2.64. The van der Waals surface area contributed by atoms with Crippen LogP contribution in [0.25, 0.3) is 0 Å². The molecule has 2 N–H and O–H groups in total. The number of piperazine rings is 1. The summed E-state index contributed by atoms with van der Waals surface area (Å²) in [6, 6.07) is 0. The molecule has 1 saturated heterocycles. The van der Waals surface area contributed by atoms with Crippen LogP contribution in [0.15, 0.2) is 0 Å². The molecule has 20 heavy (non-hydrogen) atoms. The molecule has 2 rings (SSSR count). The quantitative estimate of drug-likeness (QED) is 0.684. The van der Waals surface area contributed by atoms with Gasteiger partial charge in [0.1, 0.15) is 4.33 Å². The monoisotopic (exact) mass is 343 g/mol. The predicted octanol–water partition coefficient (Wildman–Crippen LogP) is -0.0785. The number of hydrogen-bond acceptors (Lipinski definition) is 4. The second-order valence-electron chi connectivity index (χ2n) is 5.65. The zero-order valence-corrected chi connectivity index (χ0v) is 13.6. The highest BCUT2D eigenvalue weighted by atomic mass is 35.5. The average Bonchev–Trinajstić information content (AvgIpc) is 2.84. The van der Waals surface area contributed by atoms with E-state index >= 15 is 0 Å². The molecule has 0 aromatic rings. The molecule has 0 radical (unpaired) electrons. The van der Waals surface area contributed by atoms with Gasteiger partial charge in [-0.1, -0.05) is 6.92 Å². The van der Waals surface area contributed by atoms with Crippen LogP contribution in [0.4, 0.5) is 0 Å². The largest absolute Gasteiger partial charge is 0.339 e. The number of nitrogens with one attached hydrogen (secondary N) is 2. The van der Waals surface area contributed by atoms with E-state index in [0.717, 1.165) is 13.1 Å². The van der Waals surface area contributed by atoms with Crippen molar-refractivity contribution >= 4 is 39.1 Å². The van der Waals surface area contributed by atoms with Crippen LogP contribution in [0.2, 0.25) is 0 Å². The Morgan fingerprint density at radius 3 is 2.40 bits per heavy atom. The highest BCUT2D eigenvalue weighted by Gasteiger charge is 2.64. The first kappa shape index (κ1) is 16.3. The van der Waals surface area contributed by atoms with Crippen LogP contribution in [0.5, 0.6) is 0 Å². The first-order chi connectivity index (χ1) is 9.15. The fourth-order valence-electron chi connectivity index (χ4n) is 2.27. The summed E-state index contributed by atoms with van der Waals surface area (Å²) < 4.78 is 25.3. The molecule has 2 aliphatic rings. The maximum absolute atomic E-state index is 11.9. The maximum Gasteiger partial charge on any atom is 0.237 e. The molecule has 1 unspecified atom stereocenters. The maximum atomic E-state index is 11.9. The van der Waals surface area contributed by atoms with Gasteiger partial charge in [-0.05, 0) is 6.42 Å². The summed E-state index contributed by atoms with van der Waals surface area (Å²) in [4.78, 5) is 13.5. The lowest BCUT2D eigenvalue weighted by molar-refractivity contribution is -0.130. The standard InChI is InChI=1S/C11H19Cl2N3O3S/c1-10(7-11(10,12)13)8-20(18,19)15-6-9(17)16-4-2-14-3-5-16/h14-15H,2-8H2,1H3. The van der Waals surface area contributed by atoms with Crippen LogP contribution in [-0.2, 0) is 14.8 Å². The lowest BCUT2D eigenvalue weighted by atomic mass is 10.2. The minimum absolute atomic E-state index is 0.165. The van der Waals surface area contributed by atoms with E-state index in [2.05, 4.69) is 10.0 Å². The Kier molecular flexibility index (Phi) is 4.57. The molecule has 2 fully saturated rings. The Bertz CT molecular complexity index is 491. The Morgan fingerprint density at radius 1 is 1.35 bits per heavy atom. The third-order valence-electron chi connectivity index (χ3n) is 3.79. The van der Waals surface area contributed by atoms with Gasteiger partial charge in [0.2, 0.25) is 15.9 Å². The summed E-state index contributed by atoms with van der Waals surface area (Å²) >= 11 is 11.9. The van der Waals surface area contributed by atoms with Gasteiger partial charge in [-0.3, -0.25) is 4.79 Å². The number of alkyl halides is 2. The van der Waals surface area contributed by atoms with E-state index in [1.165, 1.54) is 0 Å². The van der Waals surface area contributed by atoms with Gasteiger partial charge in [0.15, 0.2) is 0 Å². The molecule has 1 aliphatic heterocycles. The highest BCUT2D eigenvalue weighted by molar-refractivity contribution is 7.89. The Morgan fingerprint density at radius 2 is 1.90 bits per heavy atom. The number of rotatable bonds is 5. The molecule has 1 heterocycles. The Labute approximate surface area is 129 Å². The number of halogens is 2. The summed E-state index contributed by atoms with van der Waals surface area (Å²) in [5, 5.41) is 3.13. The topological polar surface area (TPSA) is 78.5 Å². The van der Waals surface area contributed by atoms with E-state index in [9.17, 15) is 13.2 Å². The Hall–Kier alpha value is -0.0800. The molecule has 0 aromatic heterocycles. The fraction of sp³-hybridized carbons (Fsp3) is 0.909. The van der Waals surface area contributed by atoms with Crippen LogP contribution >= 0.6 is 23.2 Å². The molecule has 9 heteroatoms. The van der Waals surface area contributed by atoms with Crippen LogP contribution in [0.3, 0.4) is 0 Å². The number of hydrogen-bond donors (Lipinski definition) is 2. The normalized spacial score (nSPS) is 29.2. The zero-order chi connectivity index (χ0) is 15.0. The fourth-order valence-corrected chi connectivity index (χ4v) is 4.79. The van der Waals surface area contributed by atoms with Gasteiger partial charge >= 0.3 is 0 Å². The van der Waals surface area contributed by atoms with Gasteiger partial charge < -0.3 is 10.2 Å². The van der Waals surface area contributed by atoms with Crippen molar-refractivity contribution in [2.45, 2.75) is 17.7 Å². The van der Waals surface area contributed by atoms with Crippen LogP contribution < -0.4 is 10.0 Å². The van der Waals surface area contributed by atoms with Crippen molar-refractivity contribution in [3.8, 4) is 0 Å². The summed E-state index contributed by atoms with van der Waals surface area (Å²) in [7, 11) is -3.56. The van der Waals surface area contributed by atoms with Gasteiger partial charge in [0.05, 0.1) is 12.3 Å². The van der Waals surface area contributed by atoms with Crippen LogP contribution in [0, 0.1) is 5.41 Å². The predicted molar refractivity (Wildman–Crippen MR) is 78.4 cm³/mol. The van der Waals surface area contributed by atoms with Gasteiger partial charge in [-0.15, -0.1) is 23.2 Å². The van der Waals surface area contributed by atoms with Crippen molar-refractivity contribution in [3.05, 3.63) is 0 Å². The minimum Gasteiger partial charge on any atom is -0.339 e. The van der Waals surface area contributed by atoms with Crippen molar-refractivity contribution in [1.29, 1.82) is 0 Å². The van der Waals surface area contributed by atoms with E-state index in [0.29, 0.717) is 19.5 Å². The molecular formula is C11H19Cl2N3O3S. The molecule has 0 aromatic carbocycles. The van der Waals surface area contributed by atoms with E-state index in [4.69, 9.17) is 23.2 Å². The number of carbonyl (C=O) groups is 1. The van der Waals surface area contributed by atoms with E-state index in [1.54, 1.807) is 11.8 Å². The molecule has 1 amide bonds. The van der Waals surface area contributed by atoms with Gasteiger partial charge in [0.25, 0.3) is 0 Å². The van der Waals surface area contributed by atoms with E-state index < -0.39 is 19.8 Å². The van der Waals surface area contributed by atoms with Crippen LogP contribution in [0.1, 0.15) is 13.3 Å². The molecular weight excluding hydrogens is 325 g/mol. The summed E-state index contributed by atoms with van der Waals surface area (Å²) in [5.41, 5.74) is -0.639. The van der Waals surface area contributed by atoms with Crippen molar-refractivity contribution in [3.63, 3.8) is 0 Å². The Balaban J connectivity index is 1.82. The third kappa shape index (κ3) is 3.76. The SMILES string of the molecule is CC1(CS(=O)(=O)NCC(=O)N2CCNCC2)CC1(Cl)Cl. The number of sulfonamides is 1. The van der Waals surface area contributed by atoms with Gasteiger partial charge in [-0.2, -0.15) is 0 Å². The van der Waals surface area contributed by atoms with Gasteiger partial charge in [0, 0.05) is 31.6 Å². The molecule has 6 nitrogen and oxygen atoms in total. The molecule has 1 aliphatic carbocycles. The van der Waals surface area contributed by atoms with Crippen molar-refractivity contribution in [2.75, 3.05) is 38.5 Å². The van der Waals surface area contributed by atoms with Crippen molar-refractivity contribution in [2.24, 2.45) is 5.41 Å². The average molecular weight is 344 g/mol. The second kappa shape index (κ2) is 5.61. The first-order valence-corrected chi connectivity index (χ1v) is 8.90. The molecule has 1 atom stereocenters. The molecule has 116 valence electrons. The third-order valence-corrected chi connectivity index (χ3v) is 6.57. The van der Waals surface area contributed by atoms with Crippen LogP contribution in [-0.4, -0.2) is 62.0 Å². The van der Waals surface area contributed by atoms with Crippen molar-refractivity contribution in [1.82, 2.24) is 14.9 Å². The van der Waals surface area contributed by atoms with Crippen molar-refractivity contribution < 1.29 is 13.2 Å². The lowest BCUT2D eigenvalue weighted by Gasteiger charge is -2.27. The van der Waals surface area contributed by atoms with E-state index in [1.807, 2.05) is 0 Å². The second-order valence-corrected chi connectivity index (χ2v) is 8.94. The number of nitrogens with zero attached hydrogens (tertiary/aromatic N) is 1. The number of carbonyl (C=O) groups excluding carboxylic acids is 1. The smallest absolute Gasteiger partial charge is 0.237 e. The summed E-state index contributed by atoms with van der Waals surface area (Å²) in [5.74, 6) is -0.374. The molecule has 0 bridgehead atoms. The van der Waals surface area contributed by atoms with Gasteiger partial charge in [-0.25, -0.2) is 13.1 Å². The number of amides is 1. The minimum atomic E-state index is -3.56. The summed E-state index contributed by atoms with van der Waals surface area (Å²) in [6.07, 6.45) is 0.440.